The molecule has 0 bridgehead atoms. The number of hydrogen-bond donors (Lipinski definition) is 0. The number of nitrogens with zero attached hydrogens (tertiary/aromatic N) is 2. The van der Waals surface area contributed by atoms with Crippen LogP contribution >= 0.6 is 0 Å². The van der Waals surface area contributed by atoms with Gasteiger partial charge in [-0.05, 0) is 29.0 Å². The first-order valence-corrected chi connectivity index (χ1v) is 9.90. The molecule has 6 heteroatoms. The number of hydrogen-bond acceptors (Lipinski definition) is 4. The number of fused-ring (bicyclic) bond motifs is 1. The van der Waals surface area contributed by atoms with Crippen LogP contribution in [0.25, 0.3) is 10.8 Å². The summed E-state index contributed by atoms with van der Waals surface area (Å²) in [6, 6.07) is 18.8. The summed E-state index contributed by atoms with van der Waals surface area (Å²) in [5.41, 5.74) is 1.21. The van der Waals surface area contributed by atoms with E-state index >= 15 is 0 Å². The first-order chi connectivity index (χ1) is 14.6. The highest BCUT2D eigenvalue weighted by molar-refractivity contribution is 6.07. The molecule has 0 saturated carbocycles. The van der Waals surface area contributed by atoms with Crippen molar-refractivity contribution in [1.82, 2.24) is 9.80 Å². The zero-order chi connectivity index (χ0) is 21.1. The fraction of sp³-hybridized carbons (Fsp3) is 0.250. The van der Waals surface area contributed by atoms with Crippen LogP contribution in [0.2, 0.25) is 0 Å². The topological polar surface area (TPSA) is 59.1 Å². The van der Waals surface area contributed by atoms with Gasteiger partial charge in [-0.15, -0.1) is 0 Å². The first kappa shape index (κ1) is 19.8. The molecule has 1 saturated heterocycles. The van der Waals surface area contributed by atoms with Crippen molar-refractivity contribution in [1.29, 1.82) is 0 Å². The Kier molecular flexibility index (Phi) is 5.57. The lowest BCUT2D eigenvalue weighted by molar-refractivity contribution is 0.0536. The molecule has 30 heavy (non-hydrogen) atoms. The van der Waals surface area contributed by atoms with Gasteiger partial charge in [0, 0.05) is 43.4 Å². The SMILES string of the molecule is COc1cc(OC)cc(C(=O)N2CCN(C(=O)c3cccc4ccccc34)CC2)c1. The molecule has 0 radical (unpaired) electrons. The molecule has 0 aliphatic carbocycles. The van der Waals surface area contributed by atoms with E-state index in [0.717, 1.165) is 10.8 Å². The van der Waals surface area contributed by atoms with Crippen molar-refractivity contribution in [2.45, 2.75) is 0 Å². The van der Waals surface area contributed by atoms with Crippen molar-refractivity contribution >= 4 is 22.6 Å². The van der Waals surface area contributed by atoms with Crippen LogP contribution in [0.1, 0.15) is 20.7 Å². The van der Waals surface area contributed by atoms with Gasteiger partial charge >= 0.3 is 0 Å². The molecule has 0 atom stereocenters. The van der Waals surface area contributed by atoms with Gasteiger partial charge in [0.1, 0.15) is 11.5 Å². The van der Waals surface area contributed by atoms with Gasteiger partial charge in [0.25, 0.3) is 11.8 Å². The van der Waals surface area contributed by atoms with Gasteiger partial charge in [-0.2, -0.15) is 0 Å². The predicted octanol–water partition coefficient (Wildman–Crippen LogP) is 3.46. The maximum Gasteiger partial charge on any atom is 0.254 e. The molecule has 0 aromatic heterocycles. The molecular formula is C24H24N2O4. The molecule has 3 aromatic rings. The summed E-state index contributed by atoms with van der Waals surface area (Å²) in [7, 11) is 3.11. The number of piperazine rings is 1. The molecule has 154 valence electrons. The second-order valence-electron chi connectivity index (χ2n) is 7.21. The minimum absolute atomic E-state index is 0.00180. The molecule has 0 spiro atoms. The van der Waals surface area contributed by atoms with Crippen LogP contribution < -0.4 is 9.47 Å². The van der Waals surface area contributed by atoms with Gasteiger partial charge < -0.3 is 19.3 Å². The van der Waals surface area contributed by atoms with Gasteiger partial charge in [0.05, 0.1) is 14.2 Å². The third-order valence-corrected chi connectivity index (χ3v) is 5.47. The van der Waals surface area contributed by atoms with Crippen LogP contribution in [-0.2, 0) is 0 Å². The standard InChI is InChI=1S/C24H24N2O4/c1-29-19-14-18(15-20(16-19)30-2)23(27)25-10-12-26(13-11-25)24(28)22-9-5-7-17-6-3-4-8-21(17)22/h3-9,14-16H,10-13H2,1-2H3. The van der Waals surface area contributed by atoms with E-state index in [4.69, 9.17) is 9.47 Å². The van der Waals surface area contributed by atoms with Crippen LogP contribution in [0.5, 0.6) is 11.5 Å². The summed E-state index contributed by atoms with van der Waals surface area (Å²) in [6.07, 6.45) is 0. The number of amides is 2. The Morgan fingerprint density at radius 3 is 1.93 bits per heavy atom. The van der Waals surface area contributed by atoms with Crippen LogP contribution in [-0.4, -0.2) is 62.0 Å². The summed E-state index contributed by atoms with van der Waals surface area (Å²) < 4.78 is 10.5. The fourth-order valence-corrected chi connectivity index (χ4v) is 3.81. The summed E-state index contributed by atoms with van der Waals surface area (Å²) in [5, 5.41) is 2.00. The Balaban J connectivity index is 1.47. The third kappa shape index (κ3) is 3.81. The summed E-state index contributed by atoms with van der Waals surface area (Å²) >= 11 is 0. The molecule has 0 unspecified atom stereocenters. The molecule has 3 aromatic carbocycles. The van der Waals surface area contributed by atoms with Crippen molar-refractivity contribution in [2.75, 3.05) is 40.4 Å². The number of ether oxygens (including phenoxy) is 2. The van der Waals surface area contributed by atoms with Crippen molar-refractivity contribution in [3.63, 3.8) is 0 Å². The van der Waals surface area contributed by atoms with E-state index in [0.29, 0.717) is 48.8 Å². The van der Waals surface area contributed by atoms with Crippen molar-refractivity contribution in [3.05, 3.63) is 71.8 Å². The number of rotatable bonds is 4. The number of carbonyl (C=O) groups excluding carboxylic acids is 2. The molecule has 6 nitrogen and oxygen atoms in total. The maximum absolute atomic E-state index is 13.1. The van der Waals surface area contributed by atoms with E-state index in [1.165, 1.54) is 0 Å². The zero-order valence-electron chi connectivity index (χ0n) is 17.1. The lowest BCUT2D eigenvalue weighted by Gasteiger charge is -2.35. The van der Waals surface area contributed by atoms with E-state index in [1.54, 1.807) is 37.3 Å². The average molecular weight is 404 g/mol. The Morgan fingerprint density at radius 2 is 1.30 bits per heavy atom. The summed E-state index contributed by atoms with van der Waals surface area (Å²) in [5.74, 6) is 1.05. The molecule has 1 aliphatic rings. The van der Waals surface area contributed by atoms with Gasteiger partial charge in [0.15, 0.2) is 0 Å². The van der Waals surface area contributed by atoms with Crippen molar-refractivity contribution < 1.29 is 19.1 Å². The third-order valence-electron chi connectivity index (χ3n) is 5.47. The van der Waals surface area contributed by atoms with E-state index < -0.39 is 0 Å². The average Bonchev–Trinajstić information content (AvgIpc) is 2.82. The summed E-state index contributed by atoms with van der Waals surface area (Å²) in [4.78, 5) is 29.7. The fourth-order valence-electron chi connectivity index (χ4n) is 3.81. The first-order valence-electron chi connectivity index (χ1n) is 9.90. The predicted molar refractivity (Wildman–Crippen MR) is 115 cm³/mol. The highest BCUT2D eigenvalue weighted by Crippen LogP contribution is 2.24. The van der Waals surface area contributed by atoms with Crippen LogP contribution in [0.4, 0.5) is 0 Å². The van der Waals surface area contributed by atoms with Crippen LogP contribution in [0.3, 0.4) is 0 Å². The number of methoxy groups -OCH3 is 2. The van der Waals surface area contributed by atoms with Gasteiger partial charge in [-0.25, -0.2) is 0 Å². The normalized spacial score (nSPS) is 13.9. The number of benzene rings is 3. The van der Waals surface area contributed by atoms with Crippen molar-refractivity contribution in [3.8, 4) is 11.5 Å². The van der Waals surface area contributed by atoms with Gasteiger partial charge in [0.2, 0.25) is 0 Å². The minimum Gasteiger partial charge on any atom is -0.497 e. The highest BCUT2D eigenvalue weighted by Gasteiger charge is 2.26. The molecule has 1 aliphatic heterocycles. The molecule has 2 amide bonds. The molecule has 1 fully saturated rings. The van der Waals surface area contributed by atoms with E-state index in [1.807, 2.05) is 47.4 Å². The van der Waals surface area contributed by atoms with Crippen molar-refractivity contribution in [2.24, 2.45) is 0 Å². The van der Waals surface area contributed by atoms with Gasteiger partial charge in [-0.3, -0.25) is 9.59 Å². The lowest BCUT2D eigenvalue weighted by Crippen LogP contribution is -2.50. The zero-order valence-corrected chi connectivity index (χ0v) is 17.1. The minimum atomic E-state index is -0.0931. The lowest BCUT2D eigenvalue weighted by atomic mass is 10.0. The number of carbonyl (C=O) groups is 2. The van der Waals surface area contributed by atoms with E-state index in [2.05, 4.69) is 0 Å². The monoisotopic (exact) mass is 404 g/mol. The Hall–Kier alpha value is -3.54. The maximum atomic E-state index is 13.1. The summed E-state index contributed by atoms with van der Waals surface area (Å²) in [6.45, 7) is 1.95. The smallest absolute Gasteiger partial charge is 0.254 e. The van der Waals surface area contributed by atoms with Crippen LogP contribution in [0.15, 0.2) is 60.7 Å². The largest absolute Gasteiger partial charge is 0.497 e. The second kappa shape index (κ2) is 8.45. The Labute approximate surface area is 175 Å². The van der Waals surface area contributed by atoms with E-state index in [-0.39, 0.29) is 11.8 Å². The highest BCUT2D eigenvalue weighted by atomic mass is 16.5. The Bertz CT molecular complexity index is 1060. The molecular weight excluding hydrogens is 380 g/mol. The van der Waals surface area contributed by atoms with Crippen LogP contribution in [0, 0.1) is 0 Å². The molecule has 1 heterocycles. The Morgan fingerprint density at radius 1 is 0.733 bits per heavy atom. The molecule has 0 N–H and O–H groups in total. The van der Waals surface area contributed by atoms with Gasteiger partial charge in [-0.1, -0.05) is 36.4 Å². The second-order valence-corrected chi connectivity index (χ2v) is 7.21. The van der Waals surface area contributed by atoms with E-state index in [9.17, 15) is 9.59 Å². The quantitative estimate of drug-likeness (QED) is 0.668. The molecule has 4 rings (SSSR count).